The second-order valence-corrected chi connectivity index (χ2v) is 4.09. The van der Waals surface area contributed by atoms with Gasteiger partial charge in [0.2, 0.25) is 0 Å². The smallest absolute Gasteiger partial charge is 0.0702 e. The summed E-state index contributed by atoms with van der Waals surface area (Å²) in [4.78, 5) is 2.39. The predicted molar refractivity (Wildman–Crippen MR) is 50.8 cm³/mol. The Balaban J connectivity index is 1.73. The van der Waals surface area contributed by atoms with E-state index in [0.717, 1.165) is 26.4 Å². The molecule has 13 heavy (non-hydrogen) atoms. The van der Waals surface area contributed by atoms with E-state index < -0.39 is 0 Å². The zero-order valence-electron chi connectivity index (χ0n) is 8.37. The van der Waals surface area contributed by atoms with Gasteiger partial charge in [-0.1, -0.05) is 0 Å². The molecule has 0 bridgehead atoms. The highest BCUT2D eigenvalue weighted by Gasteiger charge is 2.24. The van der Waals surface area contributed by atoms with Gasteiger partial charge in [0.05, 0.1) is 12.7 Å². The van der Waals surface area contributed by atoms with Gasteiger partial charge in [-0.3, -0.25) is 4.90 Å². The van der Waals surface area contributed by atoms with Gasteiger partial charge in [0.1, 0.15) is 0 Å². The molecule has 3 heteroatoms. The van der Waals surface area contributed by atoms with E-state index in [1.54, 1.807) is 0 Å². The van der Waals surface area contributed by atoms with Gasteiger partial charge in [0.25, 0.3) is 0 Å². The van der Waals surface area contributed by atoms with E-state index in [2.05, 4.69) is 11.9 Å². The molecule has 0 aromatic rings. The van der Waals surface area contributed by atoms with Gasteiger partial charge in [0, 0.05) is 25.8 Å². The van der Waals surface area contributed by atoms with Crippen molar-refractivity contribution in [2.24, 2.45) is 0 Å². The van der Waals surface area contributed by atoms with E-state index in [1.807, 2.05) is 0 Å². The fourth-order valence-corrected chi connectivity index (χ4v) is 2.13. The van der Waals surface area contributed by atoms with Crippen molar-refractivity contribution in [1.82, 2.24) is 4.90 Å². The molecule has 0 aromatic heterocycles. The molecule has 0 aliphatic carbocycles. The minimum atomic E-state index is 0.477. The van der Waals surface area contributed by atoms with Crippen molar-refractivity contribution in [3.05, 3.63) is 0 Å². The average Bonchev–Trinajstić information content (AvgIpc) is 2.74. The average molecular weight is 185 g/mol. The number of rotatable bonds is 3. The van der Waals surface area contributed by atoms with Crippen LogP contribution in [0.25, 0.3) is 0 Å². The highest BCUT2D eigenvalue weighted by molar-refractivity contribution is 4.77. The van der Waals surface area contributed by atoms with Crippen molar-refractivity contribution in [3.8, 4) is 0 Å². The first-order valence-corrected chi connectivity index (χ1v) is 5.26. The lowest BCUT2D eigenvalue weighted by atomic mass is 10.2. The summed E-state index contributed by atoms with van der Waals surface area (Å²) in [7, 11) is 2.18. The molecule has 0 radical (unpaired) electrons. The molecule has 0 amide bonds. The number of likely N-dealkylation sites (N-methyl/N-ethyl adjacent to an activating group) is 1. The largest absolute Gasteiger partial charge is 0.380 e. The summed E-state index contributed by atoms with van der Waals surface area (Å²) in [5.41, 5.74) is 0. The summed E-state index contributed by atoms with van der Waals surface area (Å²) < 4.78 is 11.0. The normalized spacial score (nSPS) is 34.6. The van der Waals surface area contributed by atoms with E-state index in [1.165, 1.54) is 19.3 Å². The fraction of sp³-hybridized carbons (Fsp3) is 1.00. The Morgan fingerprint density at radius 1 is 1.31 bits per heavy atom. The first-order valence-electron chi connectivity index (χ1n) is 5.26. The quantitative estimate of drug-likeness (QED) is 0.651. The van der Waals surface area contributed by atoms with Crippen molar-refractivity contribution in [2.75, 3.05) is 33.4 Å². The summed E-state index contributed by atoms with van der Waals surface area (Å²) in [5, 5.41) is 0. The zero-order valence-corrected chi connectivity index (χ0v) is 8.37. The number of hydrogen-bond acceptors (Lipinski definition) is 3. The van der Waals surface area contributed by atoms with Crippen LogP contribution in [0, 0.1) is 0 Å². The molecule has 2 aliphatic heterocycles. The highest BCUT2D eigenvalue weighted by Crippen LogP contribution is 2.16. The fourth-order valence-electron chi connectivity index (χ4n) is 2.13. The molecule has 0 saturated carbocycles. The van der Waals surface area contributed by atoms with Gasteiger partial charge in [0.15, 0.2) is 0 Å². The third-order valence-corrected chi connectivity index (χ3v) is 3.04. The molecular weight excluding hydrogens is 166 g/mol. The van der Waals surface area contributed by atoms with Crippen LogP contribution in [0.1, 0.15) is 19.3 Å². The topological polar surface area (TPSA) is 21.7 Å². The van der Waals surface area contributed by atoms with Crippen LogP contribution in [0.3, 0.4) is 0 Å². The Kier molecular flexibility index (Phi) is 3.19. The third-order valence-electron chi connectivity index (χ3n) is 3.04. The molecule has 0 aromatic carbocycles. The van der Waals surface area contributed by atoms with Crippen LogP contribution in [0.4, 0.5) is 0 Å². The highest BCUT2D eigenvalue weighted by atomic mass is 16.5. The molecule has 2 fully saturated rings. The van der Waals surface area contributed by atoms with E-state index in [0.29, 0.717) is 12.1 Å². The maximum Gasteiger partial charge on any atom is 0.0702 e. The second kappa shape index (κ2) is 4.40. The Bertz CT molecular complexity index is 151. The molecule has 76 valence electrons. The van der Waals surface area contributed by atoms with Gasteiger partial charge < -0.3 is 9.47 Å². The van der Waals surface area contributed by atoms with E-state index >= 15 is 0 Å². The van der Waals surface area contributed by atoms with Crippen LogP contribution in [-0.4, -0.2) is 50.5 Å². The number of nitrogens with zero attached hydrogens (tertiary/aromatic N) is 1. The van der Waals surface area contributed by atoms with Crippen molar-refractivity contribution >= 4 is 0 Å². The molecule has 0 spiro atoms. The predicted octanol–water partition coefficient (Wildman–Crippen LogP) is 0.886. The minimum absolute atomic E-state index is 0.477. The Hall–Kier alpha value is -0.120. The Morgan fingerprint density at radius 2 is 2.23 bits per heavy atom. The van der Waals surface area contributed by atoms with Crippen LogP contribution in [0.2, 0.25) is 0 Å². The van der Waals surface area contributed by atoms with E-state index in [9.17, 15) is 0 Å². The lowest BCUT2D eigenvalue weighted by molar-refractivity contribution is 0.0645. The van der Waals surface area contributed by atoms with Crippen LogP contribution < -0.4 is 0 Å². The van der Waals surface area contributed by atoms with Crippen molar-refractivity contribution < 1.29 is 9.47 Å². The molecule has 3 nitrogen and oxygen atoms in total. The van der Waals surface area contributed by atoms with Crippen LogP contribution in [0.15, 0.2) is 0 Å². The molecule has 2 saturated heterocycles. The lowest BCUT2D eigenvalue weighted by Gasteiger charge is -2.25. The maximum atomic E-state index is 5.60. The first-order chi connectivity index (χ1) is 6.36. The molecule has 1 unspecified atom stereocenters. The minimum Gasteiger partial charge on any atom is -0.380 e. The summed E-state index contributed by atoms with van der Waals surface area (Å²) in [6.45, 7) is 3.87. The standard InChI is InChI=1S/C10H19NO2/c1-11(9-4-6-12-8-9)7-10-3-2-5-13-10/h9-10H,2-8H2,1H3/t9?,10-/m0/s1. The zero-order chi connectivity index (χ0) is 9.10. The SMILES string of the molecule is CN(C[C@@H]1CCCO1)C1CCOC1. The molecular formula is C10H19NO2. The first kappa shape index (κ1) is 9.44. The molecule has 2 heterocycles. The number of hydrogen-bond donors (Lipinski definition) is 0. The Morgan fingerprint density at radius 3 is 2.85 bits per heavy atom. The van der Waals surface area contributed by atoms with Gasteiger partial charge >= 0.3 is 0 Å². The lowest BCUT2D eigenvalue weighted by Crippen LogP contribution is -2.37. The monoisotopic (exact) mass is 185 g/mol. The van der Waals surface area contributed by atoms with Crippen LogP contribution in [-0.2, 0) is 9.47 Å². The second-order valence-electron chi connectivity index (χ2n) is 4.09. The Labute approximate surface area is 80.0 Å². The van der Waals surface area contributed by atoms with E-state index in [4.69, 9.17) is 9.47 Å². The van der Waals surface area contributed by atoms with Gasteiger partial charge in [-0.05, 0) is 26.3 Å². The van der Waals surface area contributed by atoms with Gasteiger partial charge in [-0.25, -0.2) is 0 Å². The summed E-state index contributed by atoms with van der Waals surface area (Å²) >= 11 is 0. The van der Waals surface area contributed by atoms with Crippen LogP contribution >= 0.6 is 0 Å². The molecule has 0 N–H and O–H groups in total. The van der Waals surface area contributed by atoms with Crippen molar-refractivity contribution in [1.29, 1.82) is 0 Å². The van der Waals surface area contributed by atoms with Gasteiger partial charge in [-0.2, -0.15) is 0 Å². The maximum absolute atomic E-state index is 5.60. The molecule has 2 aliphatic rings. The van der Waals surface area contributed by atoms with Crippen molar-refractivity contribution in [3.63, 3.8) is 0 Å². The number of ether oxygens (including phenoxy) is 2. The van der Waals surface area contributed by atoms with Crippen LogP contribution in [0.5, 0.6) is 0 Å². The third kappa shape index (κ3) is 2.42. The van der Waals surface area contributed by atoms with Gasteiger partial charge in [-0.15, -0.1) is 0 Å². The summed E-state index contributed by atoms with van der Waals surface area (Å²) in [6, 6.07) is 0.629. The summed E-state index contributed by atoms with van der Waals surface area (Å²) in [5.74, 6) is 0. The molecule has 2 atom stereocenters. The van der Waals surface area contributed by atoms with E-state index in [-0.39, 0.29) is 0 Å². The van der Waals surface area contributed by atoms with Crippen molar-refractivity contribution in [2.45, 2.75) is 31.4 Å². The summed E-state index contributed by atoms with van der Waals surface area (Å²) in [6.07, 6.45) is 4.13. The molecule has 2 rings (SSSR count).